The fourth-order valence-corrected chi connectivity index (χ4v) is 1.58. The van der Waals surface area contributed by atoms with Gasteiger partial charge in [-0.25, -0.2) is 0 Å². The van der Waals surface area contributed by atoms with Crippen LogP contribution in [-0.4, -0.2) is 25.9 Å². The molecule has 1 aromatic rings. The van der Waals surface area contributed by atoms with Crippen LogP contribution < -0.4 is 20.7 Å². The van der Waals surface area contributed by atoms with Gasteiger partial charge < -0.3 is 15.4 Å². The van der Waals surface area contributed by atoms with Crippen molar-refractivity contribution in [3.05, 3.63) is 24.3 Å². The largest absolute Gasteiger partial charge is 0.497 e. The van der Waals surface area contributed by atoms with E-state index in [1.807, 2.05) is 24.3 Å². The van der Waals surface area contributed by atoms with Gasteiger partial charge in [0.15, 0.2) is 6.29 Å². The topological polar surface area (TPSA) is 62.4 Å². The second-order valence-corrected chi connectivity index (χ2v) is 3.58. The Morgan fingerprint density at radius 1 is 1.50 bits per heavy atom. The molecule has 1 aliphatic heterocycles. The minimum absolute atomic E-state index is 0.0548. The Morgan fingerprint density at radius 2 is 2.38 bits per heavy atom. The Kier molecular flexibility index (Phi) is 3.26. The lowest BCUT2D eigenvalue weighted by Gasteiger charge is -2.26. The zero-order valence-corrected chi connectivity index (χ0v) is 9.12. The van der Waals surface area contributed by atoms with Gasteiger partial charge in [0.05, 0.1) is 7.11 Å². The van der Waals surface area contributed by atoms with Crippen molar-refractivity contribution in [2.24, 2.45) is 0 Å². The van der Waals surface area contributed by atoms with E-state index >= 15 is 0 Å². The lowest BCUT2D eigenvalue weighted by molar-refractivity contribution is -0.123. The van der Waals surface area contributed by atoms with Crippen molar-refractivity contribution in [2.45, 2.75) is 12.7 Å². The van der Waals surface area contributed by atoms with Crippen LogP contribution in [0.4, 0.5) is 5.69 Å². The van der Waals surface area contributed by atoms with E-state index < -0.39 is 0 Å². The zero-order chi connectivity index (χ0) is 11.4. The van der Waals surface area contributed by atoms with Gasteiger partial charge >= 0.3 is 0 Å². The standard InChI is InChI=1S/C11H15N3O2/c1-16-9-4-2-3-8(7-9)13-11-12-6-5-10(15)14-11/h2-4,7,11-13H,5-6H2,1H3,(H,14,15). The SMILES string of the molecule is COc1cccc(NC2NCCC(=O)N2)c1. The number of rotatable bonds is 3. The van der Waals surface area contributed by atoms with E-state index in [2.05, 4.69) is 16.0 Å². The van der Waals surface area contributed by atoms with Crippen LogP contribution in [0.3, 0.4) is 0 Å². The lowest BCUT2D eigenvalue weighted by Crippen LogP contribution is -2.55. The minimum Gasteiger partial charge on any atom is -0.497 e. The third-order valence-electron chi connectivity index (χ3n) is 2.39. The first-order valence-electron chi connectivity index (χ1n) is 5.21. The lowest BCUT2D eigenvalue weighted by atomic mass is 10.3. The van der Waals surface area contributed by atoms with Crippen LogP contribution in [0.1, 0.15) is 6.42 Å². The van der Waals surface area contributed by atoms with Crippen molar-refractivity contribution in [3.63, 3.8) is 0 Å². The third kappa shape index (κ3) is 2.64. The molecule has 16 heavy (non-hydrogen) atoms. The van der Waals surface area contributed by atoms with Crippen molar-refractivity contribution in [2.75, 3.05) is 19.0 Å². The van der Waals surface area contributed by atoms with E-state index in [0.29, 0.717) is 13.0 Å². The molecule has 1 atom stereocenters. The first-order valence-corrected chi connectivity index (χ1v) is 5.21. The van der Waals surface area contributed by atoms with Crippen molar-refractivity contribution < 1.29 is 9.53 Å². The van der Waals surface area contributed by atoms with Gasteiger partial charge in [-0.15, -0.1) is 0 Å². The van der Waals surface area contributed by atoms with Crippen LogP contribution in [0.5, 0.6) is 5.75 Å². The molecule has 1 saturated heterocycles. The highest BCUT2D eigenvalue weighted by atomic mass is 16.5. The summed E-state index contributed by atoms with van der Waals surface area (Å²) in [5.74, 6) is 0.839. The second kappa shape index (κ2) is 4.85. The van der Waals surface area contributed by atoms with Crippen molar-refractivity contribution in [3.8, 4) is 5.75 Å². The van der Waals surface area contributed by atoms with Crippen molar-refractivity contribution in [1.82, 2.24) is 10.6 Å². The molecule has 1 aliphatic rings. The summed E-state index contributed by atoms with van der Waals surface area (Å²) in [6.07, 6.45) is 0.310. The Hall–Kier alpha value is -1.75. The molecule has 1 unspecified atom stereocenters. The molecule has 0 aromatic heterocycles. The summed E-state index contributed by atoms with van der Waals surface area (Å²) in [6, 6.07) is 7.57. The Balaban J connectivity index is 1.99. The van der Waals surface area contributed by atoms with Gasteiger partial charge in [-0.2, -0.15) is 0 Å². The molecular weight excluding hydrogens is 206 g/mol. The Labute approximate surface area is 94.2 Å². The normalized spacial score (nSPS) is 20.1. The van der Waals surface area contributed by atoms with Gasteiger partial charge in [0, 0.05) is 24.7 Å². The minimum atomic E-state index is -0.214. The van der Waals surface area contributed by atoms with Gasteiger partial charge in [0.2, 0.25) is 5.91 Å². The molecule has 0 bridgehead atoms. The number of nitrogens with one attached hydrogen (secondary N) is 3. The van der Waals surface area contributed by atoms with Gasteiger partial charge in [0.25, 0.3) is 0 Å². The summed E-state index contributed by atoms with van der Waals surface area (Å²) >= 11 is 0. The number of methoxy groups -OCH3 is 1. The first-order chi connectivity index (χ1) is 7.78. The fraction of sp³-hybridized carbons (Fsp3) is 0.364. The zero-order valence-electron chi connectivity index (χ0n) is 9.12. The van der Waals surface area contributed by atoms with Crippen LogP contribution in [0, 0.1) is 0 Å². The average molecular weight is 221 g/mol. The van der Waals surface area contributed by atoms with Gasteiger partial charge in [-0.3, -0.25) is 10.1 Å². The highest BCUT2D eigenvalue weighted by Crippen LogP contribution is 2.16. The first kappa shape index (κ1) is 10.8. The van der Waals surface area contributed by atoms with Crippen LogP contribution in [-0.2, 0) is 4.79 Å². The van der Waals surface area contributed by atoms with E-state index in [4.69, 9.17) is 4.74 Å². The predicted octanol–water partition coefficient (Wildman–Crippen LogP) is 0.500. The molecule has 0 spiro atoms. The number of carbonyl (C=O) groups is 1. The van der Waals surface area contributed by atoms with E-state index in [1.54, 1.807) is 7.11 Å². The molecule has 3 N–H and O–H groups in total. The number of benzene rings is 1. The molecule has 0 aliphatic carbocycles. The molecule has 0 radical (unpaired) electrons. The fourth-order valence-electron chi connectivity index (χ4n) is 1.58. The molecule has 1 amide bonds. The van der Waals surface area contributed by atoms with Gasteiger partial charge in [-0.1, -0.05) is 6.07 Å². The summed E-state index contributed by atoms with van der Waals surface area (Å²) in [6.45, 7) is 0.688. The molecule has 1 aromatic carbocycles. The molecule has 1 fully saturated rings. The summed E-state index contributed by atoms with van der Waals surface area (Å²) in [4.78, 5) is 11.2. The van der Waals surface area contributed by atoms with Gasteiger partial charge in [0.1, 0.15) is 5.75 Å². The molecular formula is C11H15N3O2. The Morgan fingerprint density at radius 3 is 3.12 bits per heavy atom. The number of ether oxygens (including phenoxy) is 1. The number of hydrogen-bond acceptors (Lipinski definition) is 4. The maximum absolute atomic E-state index is 11.2. The van der Waals surface area contributed by atoms with E-state index in [1.165, 1.54) is 0 Å². The number of carbonyl (C=O) groups excluding carboxylic acids is 1. The molecule has 86 valence electrons. The molecule has 1 heterocycles. The maximum atomic E-state index is 11.2. The van der Waals surface area contributed by atoms with Crippen LogP contribution in [0.2, 0.25) is 0 Å². The number of amides is 1. The van der Waals surface area contributed by atoms with E-state index in [-0.39, 0.29) is 12.2 Å². The summed E-state index contributed by atoms with van der Waals surface area (Å²) in [5.41, 5.74) is 0.902. The second-order valence-electron chi connectivity index (χ2n) is 3.58. The van der Waals surface area contributed by atoms with Crippen molar-refractivity contribution >= 4 is 11.6 Å². The highest BCUT2D eigenvalue weighted by Gasteiger charge is 2.16. The van der Waals surface area contributed by atoms with E-state index in [9.17, 15) is 4.79 Å². The number of hydrogen-bond donors (Lipinski definition) is 3. The Bertz CT molecular complexity index is 381. The van der Waals surface area contributed by atoms with Crippen LogP contribution >= 0.6 is 0 Å². The predicted molar refractivity (Wildman–Crippen MR) is 61.2 cm³/mol. The molecule has 2 rings (SSSR count). The van der Waals surface area contributed by atoms with Crippen molar-refractivity contribution in [1.29, 1.82) is 0 Å². The molecule has 5 heteroatoms. The third-order valence-corrected chi connectivity index (χ3v) is 2.39. The summed E-state index contributed by atoms with van der Waals surface area (Å²) in [5, 5.41) is 9.11. The smallest absolute Gasteiger partial charge is 0.223 e. The highest BCUT2D eigenvalue weighted by molar-refractivity contribution is 5.77. The van der Waals surface area contributed by atoms with Crippen LogP contribution in [0.15, 0.2) is 24.3 Å². The quantitative estimate of drug-likeness (QED) is 0.695. The number of anilines is 1. The monoisotopic (exact) mass is 221 g/mol. The van der Waals surface area contributed by atoms with E-state index in [0.717, 1.165) is 11.4 Å². The average Bonchev–Trinajstić information content (AvgIpc) is 2.29. The molecule has 5 nitrogen and oxygen atoms in total. The summed E-state index contributed by atoms with van der Waals surface area (Å²) in [7, 11) is 1.62. The molecule has 0 saturated carbocycles. The van der Waals surface area contributed by atoms with Crippen LogP contribution in [0.25, 0.3) is 0 Å². The summed E-state index contributed by atoms with van der Waals surface area (Å²) < 4.78 is 5.12. The maximum Gasteiger partial charge on any atom is 0.223 e. The van der Waals surface area contributed by atoms with Gasteiger partial charge in [-0.05, 0) is 12.1 Å².